The number of carbonyl (C=O) groups excluding carboxylic acids is 1. The molecule has 1 heterocycles. The maximum absolute atomic E-state index is 13.2. The summed E-state index contributed by atoms with van der Waals surface area (Å²) in [6, 6.07) is 22.9. The molecule has 34 heavy (non-hydrogen) atoms. The number of aromatic nitrogens is 2. The summed E-state index contributed by atoms with van der Waals surface area (Å²) >= 11 is 0. The van der Waals surface area contributed by atoms with Gasteiger partial charge in [0.15, 0.2) is 17.3 Å². The van der Waals surface area contributed by atoms with E-state index in [0.717, 1.165) is 11.3 Å². The summed E-state index contributed by atoms with van der Waals surface area (Å²) in [7, 11) is 4.65. The largest absolute Gasteiger partial charge is 0.493 e. The highest BCUT2D eigenvalue weighted by molar-refractivity contribution is 6.08. The molecular weight excluding hydrogens is 430 g/mol. The van der Waals surface area contributed by atoms with Crippen molar-refractivity contribution in [3.05, 3.63) is 96.8 Å². The second kappa shape index (κ2) is 10.4. The van der Waals surface area contributed by atoms with Gasteiger partial charge in [-0.2, -0.15) is 5.10 Å². The van der Waals surface area contributed by atoms with Crippen LogP contribution >= 0.6 is 0 Å². The van der Waals surface area contributed by atoms with Gasteiger partial charge in [-0.15, -0.1) is 0 Å². The minimum absolute atomic E-state index is 0.180. The van der Waals surface area contributed by atoms with E-state index in [1.807, 2.05) is 60.7 Å². The highest BCUT2D eigenvalue weighted by Gasteiger charge is 2.17. The van der Waals surface area contributed by atoms with Crippen molar-refractivity contribution < 1.29 is 19.0 Å². The molecule has 3 aromatic carbocycles. The molecule has 0 aliphatic rings. The Kier molecular flexibility index (Phi) is 6.93. The van der Waals surface area contributed by atoms with E-state index in [4.69, 9.17) is 19.3 Å². The van der Waals surface area contributed by atoms with Crippen molar-refractivity contribution in [2.45, 2.75) is 0 Å². The zero-order chi connectivity index (χ0) is 23.9. The van der Waals surface area contributed by atoms with Gasteiger partial charge in [0, 0.05) is 41.9 Å². The van der Waals surface area contributed by atoms with Crippen molar-refractivity contribution in [1.82, 2.24) is 9.78 Å². The van der Waals surface area contributed by atoms with Crippen LogP contribution in [0.3, 0.4) is 0 Å². The molecular formula is C27H25N3O4. The summed E-state index contributed by atoms with van der Waals surface area (Å²) < 4.78 is 17.8. The number of rotatable bonds is 9. The van der Waals surface area contributed by atoms with Gasteiger partial charge < -0.3 is 19.5 Å². The quantitative estimate of drug-likeness (QED) is 0.270. The molecule has 0 aliphatic heterocycles. The van der Waals surface area contributed by atoms with Crippen LogP contribution in [0.15, 0.2) is 91.3 Å². The summed E-state index contributed by atoms with van der Waals surface area (Å²) in [6.45, 7) is 0. The highest BCUT2D eigenvalue weighted by Crippen LogP contribution is 2.39. The third-order valence-electron chi connectivity index (χ3n) is 5.20. The van der Waals surface area contributed by atoms with Crippen LogP contribution in [-0.4, -0.2) is 36.9 Å². The molecule has 4 aromatic rings. The highest BCUT2D eigenvalue weighted by atomic mass is 16.5. The number of ether oxygens (including phenoxy) is 3. The Morgan fingerprint density at radius 2 is 1.50 bits per heavy atom. The fraction of sp³-hybridized carbons (Fsp3) is 0.111. The van der Waals surface area contributed by atoms with Crippen LogP contribution < -0.4 is 19.5 Å². The van der Waals surface area contributed by atoms with Crippen molar-refractivity contribution in [1.29, 1.82) is 0 Å². The normalized spacial score (nSPS) is 10.8. The third-order valence-corrected chi connectivity index (χ3v) is 5.20. The fourth-order valence-corrected chi connectivity index (χ4v) is 3.54. The number of allylic oxidation sites excluding steroid dienone is 1. The van der Waals surface area contributed by atoms with E-state index in [-0.39, 0.29) is 5.78 Å². The molecule has 0 spiro atoms. The zero-order valence-corrected chi connectivity index (χ0v) is 19.2. The smallest absolute Gasteiger partial charge is 0.203 e. The molecule has 4 rings (SSSR count). The van der Waals surface area contributed by atoms with E-state index >= 15 is 0 Å². The Morgan fingerprint density at radius 3 is 2.09 bits per heavy atom. The van der Waals surface area contributed by atoms with Crippen molar-refractivity contribution in [3.63, 3.8) is 0 Å². The Bertz CT molecular complexity index is 1270. The third kappa shape index (κ3) is 4.78. The topological polar surface area (TPSA) is 74.6 Å². The van der Waals surface area contributed by atoms with Crippen LogP contribution in [0, 0.1) is 0 Å². The lowest BCUT2D eigenvalue weighted by molar-refractivity contribution is 0.104. The minimum atomic E-state index is -0.180. The molecule has 7 heteroatoms. The molecule has 0 saturated heterocycles. The number of carbonyl (C=O) groups is 1. The maximum atomic E-state index is 13.2. The number of hydrogen-bond acceptors (Lipinski definition) is 6. The number of nitrogens with zero attached hydrogens (tertiary/aromatic N) is 2. The molecule has 1 N–H and O–H groups in total. The van der Waals surface area contributed by atoms with Crippen LogP contribution in [0.25, 0.3) is 16.9 Å². The number of anilines is 1. The second-order valence-electron chi connectivity index (χ2n) is 7.29. The molecule has 0 atom stereocenters. The van der Waals surface area contributed by atoms with Crippen molar-refractivity contribution >= 4 is 11.5 Å². The second-order valence-corrected chi connectivity index (χ2v) is 7.29. The minimum Gasteiger partial charge on any atom is -0.493 e. The van der Waals surface area contributed by atoms with Crippen LogP contribution in [-0.2, 0) is 0 Å². The number of hydrogen-bond donors (Lipinski definition) is 1. The lowest BCUT2D eigenvalue weighted by Gasteiger charge is -2.13. The monoisotopic (exact) mass is 455 g/mol. The summed E-state index contributed by atoms with van der Waals surface area (Å²) in [5, 5.41) is 7.80. The fourth-order valence-electron chi connectivity index (χ4n) is 3.54. The van der Waals surface area contributed by atoms with Crippen LogP contribution in [0.4, 0.5) is 5.69 Å². The van der Waals surface area contributed by atoms with Crippen LogP contribution in [0.1, 0.15) is 10.4 Å². The lowest BCUT2D eigenvalue weighted by atomic mass is 10.1. The van der Waals surface area contributed by atoms with Crippen molar-refractivity contribution in [2.75, 3.05) is 26.6 Å². The Balaban J connectivity index is 1.62. The predicted octanol–water partition coefficient (Wildman–Crippen LogP) is 5.37. The number of ketones is 1. The van der Waals surface area contributed by atoms with E-state index < -0.39 is 0 Å². The summed E-state index contributed by atoms with van der Waals surface area (Å²) in [5.41, 5.74) is 3.54. The summed E-state index contributed by atoms with van der Waals surface area (Å²) in [4.78, 5) is 13.2. The molecule has 0 aliphatic carbocycles. The SMILES string of the molecule is COc1cc(N/C=C\C(=O)c2cn(-c3ccccc3)nc2-c2ccccc2)cc(OC)c1OC. The summed E-state index contributed by atoms with van der Waals surface area (Å²) in [5.74, 6) is 1.34. The summed E-state index contributed by atoms with van der Waals surface area (Å²) in [6.07, 6.45) is 4.81. The predicted molar refractivity (Wildman–Crippen MR) is 132 cm³/mol. The Labute approximate surface area is 198 Å². The van der Waals surface area contributed by atoms with Gasteiger partial charge in [-0.25, -0.2) is 4.68 Å². The number of benzene rings is 3. The lowest BCUT2D eigenvalue weighted by Crippen LogP contribution is -1.99. The molecule has 7 nitrogen and oxygen atoms in total. The van der Waals surface area contributed by atoms with Crippen LogP contribution in [0.5, 0.6) is 17.2 Å². The molecule has 172 valence electrons. The molecule has 0 radical (unpaired) electrons. The maximum Gasteiger partial charge on any atom is 0.203 e. The number of para-hydroxylation sites is 1. The number of nitrogens with one attached hydrogen (secondary N) is 1. The van der Waals surface area contributed by atoms with Gasteiger partial charge in [-0.05, 0) is 12.1 Å². The van der Waals surface area contributed by atoms with E-state index in [1.54, 1.807) is 50.5 Å². The Morgan fingerprint density at radius 1 is 0.882 bits per heavy atom. The van der Waals surface area contributed by atoms with E-state index in [0.29, 0.717) is 34.2 Å². The first-order valence-corrected chi connectivity index (χ1v) is 10.6. The van der Waals surface area contributed by atoms with Gasteiger partial charge >= 0.3 is 0 Å². The average Bonchev–Trinajstić information content (AvgIpc) is 3.35. The molecule has 0 unspecified atom stereocenters. The number of methoxy groups -OCH3 is 3. The van der Waals surface area contributed by atoms with Crippen molar-refractivity contribution in [2.24, 2.45) is 0 Å². The van der Waals surface area contributed by atoms with Gasteiger partial charge in [-0.1, -0.05) is 48.5 Å². The molecule has 0 amide bonds. The van der Waals surface area contributed by atoms with Gasteiger partial charge in [0.2, 0.25) is 5.75 Å². The first kappa shape index (κ1) is 22.7. The van der Waals surface area contributed by atoms with Gasteiger partial charge in [0.25, 0.3) is 0 Å². The van der Waals surface area contributed by atoms with Gasteiger partial charge in [-0.3, -0.25) is 4.79 Å². The van der Waals surface area contributed by atoms with Gasteiger partial charge in [0.05, 0.1) is 32.6 Å². The first-order valence-electron chi connectivity index (χ1n) is 10.6. The average molecular weight is 456 g/mol. The molecule has 0 saturated carbocycles. The van der Waals surface area contributed by atoms with E-state index in [1.165, 1.54) is 6.08 Å². The Hall–Kier alpha value is -4.52. The first-order chi connectivity index (χ1) is 16.6. The van der Waals surface area contributed by atoms with Crippen LogP contribution in [0.2, 0.25) is 0 Å². The van der Waals surface area contributed by atoms with Crippen molar-refractivity contribution in [3.8, 4) is 34.2 Å². The zero-order valence-electron chi connectivity index (χ0n) is 19.2. The molecule has 0 bridgehead atoms. The standard InChI is InChI=1S/C27H25N3O4/c1-32-24-16-20(17-25(33-2)27(24)34-3)28-15-14-23(31)22-18-30(21-12-8-5-9-13-21)29-26(22)19-10-6-4-7-11-19/h4-18,28H,1-3H3/b15-14-. The van der Waals surface area contributed by atoms with E-state index in [9.17, 15) is 4.79 Å². The van der Waals surface area contributed by atoms with Gasteiger partial charge in [0.1, 0.15) is 5.69 Å². The van der Waals surface area contributed by atoms with E-state index in [2.05, 4.69) is 5.32 Å². The molecule has 0 fully saturated rings. The molecule has 1 aromatic heterocycles.